The normalized spacial score (nSPS) is 11.4. The molecule has 6 heterocycles. The molecule has 0 amide bonds. The van der Waals surface area contributed by atoms with Gasteiger partial charge in [-0.05, 0) is 122 Å². The lowest BCUT2D eigenvalue weighted by Gasteiger charge is -2.26. The molecular formula is C70H42N16O4. The molecule has 9 aromatic carbocycles. The maximum Gasteiger partial charge on any atom is 0.359 e. The fourth-order valence-electron chi connectivity index (χ4n) is 11.2. The smallest absolute Gasteiger partial charge is 0.359 e. The van der Waals surface area contributed by atoms with Crippen molar-refractivity contribution in [3.8, 4) is 34.7 Å². The molecule has 0 aliphatic heterocycles. The Kier molecular flexibility index (Phi) is 13.2. The molecule has 90 heavy (non-hydrogen) atoms. The van der Waals surface area contributed by atoms with Gasteiger partial charge < -0.3 is 19.3 Å². The number of nitriles is 2. The first-order valence-corrected chi connectivity index (χ1v) is 28.6. The molecule has 0 saturated heterocycles. The number of aromatic nitrogens is 12. The highest BCUT2D eigenvalue weighted by molar-refractivity contribution is 6.27. The number of esters is 2. The highest BCUT2D eigenvalue weighted by Crippen LogP contribution is 2.42. The summed E-state index contributed by atoms with van der Waals surface area (Å²) in [5.74, 6) is -1.80. The van der Waals surface area contributed by atoms with E-state index in [4.69, 9.17) is 49.3 Å². The van der Waals surface area contributed by atoms with Crippen molar-refractivity contribution in [2.75, 3.05) is 23.0 Å². The molecule has 15 rings (SSSR count). The molecule has 20 nitrogen and oxygen atoms in total. The summed E-state index contributed by atoms with van der Waals surface area (Å²) in [4.78, 5) is 89.8. The molecule has 0 saturated carbocycles. The molecule has 0 aliphatic rings. The van der Waals surface area contributed by atoms with Gasteiger partial charge in [0.05, 0.1) is 57.7 Å². The van der Waals surface area contributed by atoms with Gasteiger partial charge in [-0.25, -0.2) is 69.4 Å². The summed E-state index contributed by atoms with van der Waals surface area (Å²) in [6, 6.07) is 68.4. The molecule has 20 heteroatoms. The number of rotatable bonds is 12. The van der Waals surface area contributed by atoms with Crippen LogP contribution in [0.4, 0.5) is 34.1 Å². The monoisotopic (exact) mass is 1170 g/mol. The van der Waals surface area contributed by atoms with Crippen molar-refractivity contribution < 1.29 is 19.1 Å². The van der Waals surface area contributed by atoms with E-state index in [0.29, 0.717) is 66.0 Å². The lowest BCUT2D eigenvalue weighted by molar-refractivity contribution is 0.0468. The molecule has 0 radical (unpaired) electrons. The van der Waals surface area contributed by atoms with Gasteiger partial charge in [0.25, 0.3) is 0 Å². The molecule has 0 spiro atoms. The summed E-state index contributed by atoms with van der Waals surface area (Å²) in [5, 5.41) is 22.0. The van der Waals surface area contributed by atoms with Crippen molar-refractivity contribution in [1.29, 1.82) is 10.5 Å². The van der Waals surface area contributed by atoms with Gasteiger partial charge in [-0.1, -0.05) is 97.1 Å². The van der Waals surface area contributed by atoms with Crippen LogP contribution < -0.4 is 9.80 Å². The van der Waals surface area contributed by atoms with E-state index >= 15 is 0 Å². The molecule has 426 valence electrons. The van der Waals surface area contributed by atoms with Gasteiger partial charge in [0.2, 0.25) is 0 Å². The van der Waals surface area contributed by atoms with E-state index in [9.17, 15) is 20.1 Å². The number of ether oxygens (including phenoxy) is 2. The quantitative estimate of drug-likeness (QED) is 0.0625. The summed E-state index contributed by atoms with van der Waals surface area (Å²) in [6.45, 7) is 3.25. The lowest BCUT2D eigenvalue weighted by atomic mass is 9.98. The predicted octanol–water partition coefficient (Wildman–Crippen LogP) is 14.0. The van der Waals surface area contributed by atoms with Gasteiger partial charge >= 0.3 is 11.9 Å². The molecular weight excluding hydrogens is 1130 g/mol. The molecule has 0 aliphatic carbocycles. The van der Waals surface area contributed by atoms with Gasteiger partial charge in [-0.15, -0.1) is 0 Å². The third-order valence-electron chi connectivity index (χ3n) is 15.2. The molecule has 0 atom stereocenters. The Bertz CT molecular complexity index is 5450. The summed E-state index contributed by atoms with van der Waals surface area (Å²) in [5.41, 5.74) is 10.1. The van der Waals surface area contributed by atoms with Crippen molar-refractivity contribution in [3.05, 3.63) is 217 Å². The van der Waals surface area contributed by atoms with Crippen molar-refractivity contribution in [1.82, 2.24) is 59.8 Å². The van der Waals surface area contributed by atoms with E-state index in [1.807, 2.05) is 127 Å². The highest BCUT2D eigenvalue weighted by Gasteiger charge is 2.27. The zero-order valence-electron chi connectivity index (χ0n) is 47.7. The number of hydrogen-bond donors (Lipinski definition) is 0. The molecule has 6 aromatic heterocycles. The number of para-hydroxylation sites is 4. The molecule has 0 N–H and O–H groups in total. The van der Waals surface area contributed by atoms with E-state index in [1.54, 1.807) is 19.9 Å². The lowest BCUT2D eigenvalue weighted by Crippen LogP contribution is -2.18. The van der Waals surface area contributed by atoms with E-state index in [1.165, 1.54) is 0 Å². The Morgan fingerprint density at radius 3 is 0.956 bits per heavy atom. The van der Waals surface area contributed by atoms with Crippen LogP contribution in [-0.4, -0.2) is 85.0 Å². The third kappa shape index (κ3) is 9.42. The third-order valence-corrected chi connectivity index (χ3v) is 15.2. The van der Waals surface area contributed by atoms with Crippen LogP contribution in [0.2, 0.25) is 0 Å². The fraction of sp³-hybridized carbons (Fsp3) is 0.0571. The van der Waals surface area contributed by atoms with Crippen LogP contribution in [0.1, 0.15) is 46.2 Å². The van der Waals surface area contributed by atoms with E-state index in [-0.39, 0.29) is 64.2 Å². The Labute approximate surface area is 510 Å². The fourth-order valence-corrected chi connectivity index (χ4v) is 11.2. The summed E-state index contributed by atoms with van der Waals surface area (Å²) in [6.07, 6.45) is 0. The van der Waals surface area contributed by atoms with Gasteiger partial charge in [0.1, 0.15) is 12.1 Å². The first-order chi connectivity index (χ1) is 44.2. The minimum atomic E-state index is -0.900. The second kappa shape index (κ2) is 22.2. The predicted molar refractivity (Wildman–Crippen MR) is 342 cm³/mol. The summed E-state index contributed by atoms with van der Waals surface area (Å²) >= 11 is 0. The minimum Gasteiger partial charge on any atom is -0.461 e. The minimum absolute atomic E-state index is 0.00326. The number of hydrogen-bond acceptors (Lipinski definition) is 20. The maximum absolute atomic E-state index is 13.5. The van der Waals surface area contributed by atoms with Crippen LogP contribution in [-0.2, 0) is 9.47 Å². The average Bonchev–Trinajstić information content (AvgIpc) is 0.737. The molecule has 0 fully saturated rings. The Balaban J connectivity index is 0.960. The Hall–Kier alpha value is -12.9. The second-order valence-electron chi connectivity index (χ2n) is 20.6. The summed E-state index contributed by atoms with van der Waals surface area (Å²) in [7, 11) is 0. The average molecular weight is 1170 g/mol. The number of carbonyl (C=O) groups excluding carboxylic acids is 2. The molecule has 0 bridgehead atoms. The van der Waals surface area contributed by atoms with Crippen molar-refractivity contribution in [3.63, 3.8) is 0 Å². The summed E-state index contributed by atoms with van der Waals surface area (Å²) < 4.78 is 10.6. The Morgan fingerprint density at radius 1 is 0.356 bits per heavy atom. The Morgan fingerprint density at radius 2 is 0.644 bits per heavy atom. The largest absolute Gasteiger partial charge is 0.461 e. The van der Waals surface area contributed by atoms with Gasteiger partial charge in [-0.3, -0.25) is 0 Å². The van der Waals surface area contributed by atoms with Crippen LogP contribution in [0.3, 0.4) is 0 Å². The number of anilines is 6. The van der Waals surface area contributed by atoms with Crippen LogP contribution in [0.25, 0.3) is 111 Å². The first-order valence-electron chi connectivity index (χ1n) is 28.6. The van der Waals surface area contributed by atoms with Gasteiger partial charge in [0.15, 0.2) is 56.7 Å². The van der Waals surface area contributed by atoms with Crippen LogP contribution in [0, 0.1) is 22.7 Å². The van der Waals surface area contributed by atoms with Crippen molar-refractivity contribution >= 4 is 135 Å². The van der Waals surface area contributed by atoms with E-state index in [2.05, 4.69) is 103 Å². The topological polar surface area (TPSA) is 261 Å². The maximum atomic E-state index is 13.5. The number of fused-ring (bicyclic) bond motifs is 11. The molecule has 0 unspecified atom stereocenters. The number of carbonyl (C=O) groups is 2. The standard InChI is InChI=1S/C70H42N16O4/c1-3-89-69(87)61-62(70(88)90-4-2)84-68-67(83-61)81-59-49-35-53-51(73-63-64(74-53)78-56(38-72)55(37-71)77-63)33-47(49)48-34-52-54(36-50(48)60(59)82-68)76-66-65(75-52)79-57(39-25-29-45(30-26-39)85(41-17-9-5-10-18-41)42-19-11-6-12-20-42)58(80-66)40-27-31-46(32-28-40)86(43-21-13-7-14-22-43)44-23-15-8-16-24-44/h5-36H,3-4H2,1-2H3. The number of nitrogens with zero attached hydrogens (tertiary/aromatic N) is 16. The zero-order chi connectivity index (χ0) is 61.0. The van der Waals surface area contributed by atoms with Crippen LogP contribution in [0.15, 0.2) is 194 Å². The van der Waals surface area contributed by atoms with E-state index < -0.39 is 17.6 Å². The van der Waals surface area contributed by atoms with Crippen LogP contribution >= 0.6 is 0 Å². The second-order valence-corrected chi connectivity index (χ2v) is 20.6. The van der Waals surface area contributed by atoms with Crippen LogP contribution in [0.5, 0.6) is 0 Å². The first kappa shape index (κ1) is 53.8. The van der Waals surface area contributed by atoms with Crippen molar-refractivity contribution in [2.45, 2.75) is 13.8 Å². The highest BCUT2D eigenvalue weighted by atomic mass is 16.5. The molecule has 15 aromatic rings. The van der Waals surface area contributed by atoms with E-state index in [0.717, 1.165) is 45.3 Å². The van der Waals surface area contributed by atoms with Gasteiger partial charge in [-0.2, -0.15) is 10.5 Å². The van der Waals surface area contributed by atoms with Crippen molar-refractivity contribution in [2.24, 2.45) is 0 Å². The zero-order valence-corrected chi connectivity index (χ0v) is 47.7. The number of benzene rings is 9. The van der Waals surface area contributed by atoms with Gasteiger partial charge in [0, 0.05) is 56.0 Å². The SMILES string of the molecule is CCOC(=O)c1nc2nc3c4cc5nc6nc(C#N)c(C#N)nc6nc5cc4c4cc5nc6nc(-c7ccc(N(c8ccccc8)c8ccccc8)cc7)c(-c7ccc(N(c8ccccc8)c8ccccc8)cc7)nc6nc5cc4c3nc2nc1C(=O)OCC.